The molecule has 3 amide bonds. The van der Waals surface area contributed by atoms with E-state index in [9.17, 15) is 18.0 Å². The molecule has 0 fully saturated rings. The molecule has 0 atom stereocenters. The third kappa shape index (κ3) is 1.74. The summed E-state index contributed by atoms with van der Waals surface area (Å²) < 4.78 is 21.1. The second-order valence-electron chi connectivity index (χ2n) is 1.76. The van der Waals surface area contributed by atoms with Gasteiger partial charge in [0.2, 0.25) is 0 Å². The maximum atomic E-state index is 10.7. The fraction of sp³-hybridized carbons (Fsp3) is 0. The van der Waals surface area contributed by atoms with Gasteiger partial charge in [-0.3, -0.25) is 4.79 Å². The molecule has 0 aromatic rings. The first-order valence-electron chi connectivity index (χ1n) is 2.57. The number of imide groups is 1. The summed E-state index contributed by atoms with van der Waals surface area (Å²) in [6, 6.07) is -1.04. The average Bonchev–Trinajstić information content (AvgIpc) is 1.83. The monoisotopic (exact) mass is 208 g/mol. The standard InChI is InChI=1S/C4HClN2O4S/c5-12(10,11)2-1-6-4(9)7-3(2)8/h1H. The molecule has 0 spiro atoms. The molecule has 0 aliphatic carbocycles. The molecular weight excluding hydrogens is 208 g/mol. The third-order valence-electron chi connectivity index (χ3n) is 0.963. The minimum atomic E-state index is -4.15. The SMILES string of the molecule is O=C1N=C[C+](S(=O)(=O)Cl)C(=O)[N-]1. The van der Waals surface area contributed by atoms with Gasteiger partial charge in [0.15, 0.2) is 6.03 Å². The predicted molar refractivity (Wildman–Crippen MR) is 40.3 cm³/mol. The number of aliphatic imine (C=N–C) groups is 1. The second kappa shape index (κ2) is 2.76. The van der Waals surface area contributed by atoms with E-state index in [2.05, 4.69) is 10.3 Å². The largest absolute Gasteiger partial charge is 0.396 e. The lowest BCUT2D eigenvalue weighted by molar-refractivity contribution is -0.112. The van der Waals surface area contributed by atoms with Gasteiger partial charge in [-0.05, 0) is 0 Å². The van der Waals surface area contributed by atoms with Gasteiger partial charge in [-0.15, -0.1) is 0 Å². The summed E-state index contributed by atoms with van der Waals surface area (Å²) in [5.74, 6) is -1.19. The minimum Gasteiger partial charge on any atom is -0.367 e. The fourth-order valence-corrected chi connectivity index (χ4v) is 1.26. The van der Waals surface area contributed by atoms with Crippen LogP contribution in [0.4, 0.5) is 4.79 Å². The topological polar surface area (TPSA) is 94.7 Å². The smallest absolute Gasteiger partial charge is 0.367 e. The lowest BCUT2D eigenvalue weighted by Crippen LogP contribution is -2.24. The number of halogens is 1. The Labute approximate surface area is 72.0 Å². The Morgan fingerprint density at radius 2 is 2.08 bits per heavy atom. The summed E-state index contributed by atoms with van der Waals surface area (Å²) >= 11 is 0. The first kappa shape index (κ1) is 9.01. The summed E-state index contributed by atoms with van der Waals surface area (Å²) in [7, 11) is 0.652. The number of carbonyl (C=O) groups excluding carboxylic acids is 2. The lowest BCUT2D eigenvalue weighted by atomic mass is 10.4. The molecule has 1 rings (SSSR count). The first-order chi connectivity index (χ1) is 5.41. The molecule has 1 heterocycles. The van der Waals surface area contributed by atoms with Crippen molar-refractivity contribution in [2.24, 2.45) is 4.99 Å². The van der Waals surface area contributed by atoms with Gasteiger partial charge < -0.3 is 10.3 Å². The van der Waals surface area contributed by atoms with E-state index in [-0.39, 0.29) is 0 Å². The van der Waals surface area contributed by atoms with Gasteiger partial charge in [-0.2, -0.15) is 8.42 Å². The van der Waals surface area contributed by atoms with E-state index < -0.39 is 26.2 Å². The zero-order valence-electron chi connectivity index (χ0n) is 5.39. The molecule has 0 saturated heterocycles. The second-order valence-corrected chi connectivity index (χ2v) is 4.29. The molecule has 6 nitrogen and oxygen atoms in total. The molecule has 1 aliphatic heterocycles. The zero-order chi connectivity index (χ0) is 9.35. The maximum Gasteiger partial charge on any atom is 0.396 e. The normalized spacial score (nSPS) is 17.9. The molecule has 64 valence electrons. The van der Waals surface area contributed by atoms with Crippen LogP contribution in [0.2, 0.25) is 0 Å². The maximum absolute atomic E-state index is 10.7. The highest BCUT2D eigenvalue weighted by atomic mass is 35.7. The van der Waals surface area contributed by atoms with E-state index in [1.165, 1.54) is 0 Å². The van der Waals surface area contributed by atoms with Crippen molar-refractivity contribution in [3.05, 3.63) is 10.6 Å². The van der Waals surface area contributed by atoms with Crippen LogP contribution < -0.4 is 0 Å². The molecule has 0 radical (unpaired) electrons. The van der Waals surface area contributed by atoms with Crippen LogP contribution in [-0.4, -0.2) is 26.6 Å². The summed E-state index contributed by atoms with van der Waals surface area (Å²) in [5.41, 5.74) is 0. The van der Waals surface area contributed by atoms with Gasteiger partial charge in [0.05, 0.1) is 10.7 Å². The number of carbonyl (C=O) groups is 2. The van der Waals surface area contributed by atoms with Crippen LogP contribution in [0, 0.1) is 5.25 Å². The Hall–Kier alpha value is -1.08. The van der Waals surface area contributed by atoms with E-state index in [0.717, 1.165) is 0 Å². The molecule has 8 heteroatoms. The Kier molecular flexibility index (Phi) is 2.07. The molecule has 1 aliphatic rings. The van der Waals surface area contributed by atoms with Gasteiger partial charge >= 0.3 is 20.2 Å². The van der Waals surface area contributed by atoms with Gasteiger partial charge in [0.1, 0.15) is 6.21 Å². The van der Waals surface area contributed by atoms with Crippen LogP contribution in [0.3, 0.4) is 0 Å². The van der Waals surface area contributed by atoms with E-state index >= 15 is 0 Å². The van der Waals surface area contributed by atoms with Crippen LogP contribution in [0.5, 0.6) is 0 Å². The number of rotatable bonds is 1. The minimum absolute atomic E-state index is 0.583. The number of urea groups is 1. The highest BCUT2D eigenvalue weighted by Crippen LogP contribution is 2.21. The molecule has 0 aromatic carbocycles. The van der Waals surface area contributed by atoms with Crippen molar-refractivity contribution in [2.75, 3.05) is 0 Å². The highest BCUT2D eigenvalue weighted by molar-refractivity contribution is 8.17. The van der Waals surface area contributed by atoms with Crippen molar-refractivity contribution in [1.29, 1.82) is 0 Å². The van der Waals surface area contributed by atoms with Crippen molar-refractivity contribution in [1.82, 2.24) is 0 Å². The number of hydrogen-bond acceptors (Lipinski definition) is 4. The van der Waals surface area contributed by atoms with Crippen LogP contribution in [0.25, 0.3) is 5.32 Å². The van der Waals surface area contributed by atoms with Crippen molar-refractivity contribution >= 4 is 37.9 Å². The molecule has 0 saturated carbocycles. The summed E-state index contributed by atoms with van der Waals surface area (Å²) in [5, 5.41) is 1.97. The van der Waals surface area contributed by atoms with Crippen LogP contribution in [-0.2, 0) is 13.8 Å². The lowest BCUT2D eigenvalue weighted by Gasteiger charge is -2.08. The van der Waals surface area contributed by atoms with Crippen molar-refractivity contribution < 1.29 is 18.0 Å². The molecule has 0 unspecified atom stereocenters. The Morgan fingerprint density at radius 1 is 1.50 bits per heavy atom. The Morgan fingerprint density at radius 3 is 2.50 bits per heavy atom. The van der Waals surface area contributed by atoms with Crippen LogP contribution in [0.1, 0.15) is 0 Å². The van der Waals surface area contributed by atoms with Crippen LogP contribution in [0.15, 0.2) is 4.99 Å². The quantitative estimate of drug-likeness (QED) is 0.454. The van der Waals surface area contributed by atoms with Crippen LogP contribution >= 0.6 is 10.7 Å². The molecule has 0 N–H and O–H groups in total. The van der Waals surface area contributed by atoms with Crippen molar-refractivity contribution in [3.8, 4) is 0 Å². The Bertz CT molecular complexity index is 359. The first-order valence-corrected chi connectivity index (χ1v) is 4.88. The molecule has 12 heavy (non-hydrogen) atoms. The van der Waals surface area contributed by atoms with Gasteiger partial charge in [0, 0.05) is 0 Å². The summed E-state index contributed by atoms with van der Waals surface area (Å²) in [6.07, 6.45) is 0.583. The summed E-state index contributed by atoms with van der Waals surface area (Å²) in [4.78, 5) is 24.0. The van der Waals surface area contributed by atoms with E-state index in [4.69, 9.17) is 10.7 Å². The average molecular weight is 209 g/mol. The molecule has 0 bridgehead atoms. The molecule has 0 aromatic heterocycles. The molecular formula is C4HClN2O4S. The Balaban J connectivity index is 3.03. The fourth-order valence-electron chi connectivity index (χ4n) is 0.507. The third-order valence-corrected chi connectivity index (χ3v) is 2.27. The number of hydrogen-bond donors (Lipinski definition) is 0. The predicted octanol–water partition coefficient (Wildman–Crippen LogP) is 0.192. The van der Waals surface area contributed by atoms with E-state index in [1.54, 1.807) is 0 Å². The highest BCUT2D eigenvalue weighted by Gasteiger charge is 2.42. The van der Waals surface area contributed by atoms with Crippen molar-refractivity contribution in [3.63, 3.8) is 0 Å². The van der Waals surface area contributed by atoms with E-state index in [1.807, 2.05) is 0 Å². The van der Waals surface area contributed by atoms with Gasteiger partial charge in [-0.1, -0.05) is 0 Å². The van der Waals surface area contributed by atoms with Gasteiger partial charge in [0.25, 0.3) is 0 Å². The van der Waals surface area contributed by atoms with Gasteiger partial charge in [-0.25, -0.2) is 4.79 Å². The zero-order valence-corrected chi connectivity index (χ0v) is 6.96. The van der Waals surface area contributed by atoms with Crippen molar-refractivity contribution in [2.45, 2.75) is 0 Å². The number of nitrogens with zero attached hydrogens (tertiary/aromatic N) is 2. The number of amides is 3. The van der Waals surface area contributed by atoms with E-state index in [0.29, 0.717) is 6.21 Å². The summed E-state index contributed by atoms with van der Waals surface area (Å²) in [6.45, 7) is 0.